The molecule has 4 nitrogen and oxygen atoms in total. The molecular weight excluding hydrogens is 325 g/mol. The fourth-order valence-electron chi connectivity index (χ4n) is 3.23. The van der Waals surface area contributed by atoms with E-state index in [1.54, 1.807) is 17.0 Å². The van der Waals surface area contributed by atoms with Crippen molar-refractivity contribution in [2.24, 2.45) is 0 Å². The third kappa shape index (κ3) is 2.17. The van der Waals surface area contributed by atoms with Gasteiger partial charge in [0.05, 0.1) is 5.69 Å². The number of thiophene rings is 1. The highest BCUT2D eigenvalue weighted by Crippen LogP contribution is 2.41. The topological polar surface area (TPSA) is 45.2 Å². The fourth-order valence-corrected chi connectivity index (χ4v) is 4.43. The predicted octanol–water partition coefficient (Wildman–Crippen LogP) is 4.47. The maximum atomic E-state index is 13.2. The molecule has 1 unspecified atom stereocenters. The van der Waals surface area contributed by atoms with Crippen LogP contribution in [0.1, 0.15) is 27.9 Å². The number of nitrogens with zero attached hydrogens (tertiary/aromatic N) is 2. The van der Waals surface area contributed by atoms with Crippen molar-refractivity contribution in [2.45, 2.75) is 26.9 Å². The molecule has 1 aliphatic rings. The number of nitrogens with one attached hydrogen (secondary N) is 1. The lowest BCUT2D eigenvalue weighted by Gasteiger charge is -2.34. The van der Waals surface area contributed by atoms with E-state index in [1.807, 2.05) is 26.8 Å². The Hall–Kier alpha value is -2.47. The second kappa shape index (κ2) is 5.27. The van der Waals surface area contributed by atoms with Crippen molar-refractivity contribution in [1.29, 1.82) is 0 Å². The van der Waals surface area contributed by atoms with Crippen molar-refractivity contribution in [3.05, 3.63) is 52.3 Å². The van der Waals surface area contributed by atoms with Crippen LogP contribution in [0.5, 0.6) is 0 Å². The van der Waals surface area contributed by atoms with Crippen LogP contribution < -0.4 is 10.2 Å². The number of benzene rings is 1. The van der Waals surface area contributed by atoms with Gasteiger partial charge in [-0.25, -0.2) is 9.37 Å². The van der Waals surface area contributed by atoms with Gasteiger partial charge in [-0.2, -0.15) is 0 Å². The van der Waals surface area contributed by atoms with Crippen LogP contribution in [0.25, 0.3) is 10.2 Å². The second-order valence-corrected chi connectivity index (χ2v) is 7.04. The normalized spacial score (nSPS) is 17.1. The van der Waals surface area contributed by atoms with Gasteiger partial charge in [-0.3, -0.25) is 9.69 Å². The molecule has 0 saturated carbocycles. The number of fused-ring (bicyclic) bond motifs is 3. The molecule has 4 rings (SSSR count). The Morgan fingerprint density at radius 3 is 2.67 bits per heavy atom. The zero-order valence-electron chi connectivity index (χ0n) is 13.6. The smallest absolute Gasteiger partial charge is 0.272 e. The zero-order valence-corrected chi connectivity index (χ0v) is 14.4. The van der Waals surface area contributed by atoms with Crippen LogP contribution in [-0.4, -0.2) is 17.1 Å². The Morgan fingerprint density at radius 2 is 1.96 bits per heavy atom. The van der Waals surface area contributed by atoms with Gasteiger partial charge < -0.3 is 5.32 Å². The predicted molar refractivity (Wildman–Crippen MR) is 95.4 cm³/mol. The maximum Gasteiger partial charge on any atom is 0.272 e. The minimum absolute atomic E-state index is 0.0806. The molecule has 0 bridgehead atoms. The molecule has 3 aromatic rings. The molecule has 24 heavy (non-hydrogen) atoms. The number of aryl methyl sites for hydroxylation is 2. The summed E-state index contributed by atoms with van der Waals surface area (Å²) >= 11 is 1.40. The average Bonchev–Trinajstić information content (AvgIpc) is 2.88. The fraction of sp³-hybridized carbons (Fsp3) is 0.222. The van der Waals surface area contributed by atoms with Gasteiger partial charge in [-0.1, -0.05) is 0 Å². The first-order valence-corrected chi connectivity index (χ1v) is 8.54. The van der Waals surface area contributed by atoms with Crippen LogP contribution in [0, 0.1) is 19.7 Å². The first kappa shape index (κ1) is 15.1. The summed E-state index contributed by atoms with van der Waals surface area (Å²) in [6.07, 6.45) is -0.228. The van der Waals surface area contributed by atoms with Crippen molar-refractivity contribution in [3.8, 4) is 0 Å². The molecule has 1 atom stereocenters. The van der Waals surface area contributed by atoms with E-state index < -0.39 is 0 Å². The monoisotopic (exact) mass is 341 g/mol. The van der Waals surface area contributed by atoms with Gasteiger partial charge in [0.1, 0.15) is 21.7 Å². The van der Waals surface area contributed by atoms with Crippen LogP contribution in [0.3, 0.4) is 0 Å². The molecule has 1 aromatic carbocycles. The van der Waals surface area contributed by atoms with E-state index in [4.69, 9.17) is 0 Å². The standard InChI is InChI=1S/C18H16FN3OS/c1-9-8-10(2)20-17-14(9)15-16(24-17)18(23)22(11(3)21-15)13-6-4-12(19)5-7-13/h4-8,11,21H,1-3H3. The number of carbonyl (C=O) groups excluding carboxylic acids is 1. The van der Waals surface area contributed by atoms with Gasteiger partial charge in [-0.15, -0.1) is 11.3 Å². The number of rotatable bonds is 1. The summed E-state index contributed by atoms with van der Waals surface area (Å²) in [6.45, 7) is 5.91. The Bertz CT molecular complexity index is 965. The van der Waals surface area contributed by atoms with E-state index >= 15 is 0 Å². The number of pyridine rings is 1. The van der Waals surface area contributed by atoms with E-state index in [2.05, 4.69) is 10.3 Å². The van der Waals surface area contributed by atoms with Gasteiger partial charge in [0.2, 0.25) is 0 Å². The van der Waals surface area contributed by atoms with Gasteiger partial charge >= 0.3 is 0 Å². The van der Waals surface area contributed by atoms with Crippen LogP contribution >= 0.6 is 11.3 Å². The first-order chi connectivity index (χ1) is 11.5. The lowest BCUT2D eigenvalue weighted by molar-refractivity contribution is 0.0981. The Balaban J connectivity index is 1.87. The van der Waals surface area contributed by atoms with Crippen molar-refractivity contribution in [3.63, 3.8) is 0 Å². The average molecular weight is 341 g/mol. The Kier molecular flexibility index (Phi) is 3.31. The molecule has 1 N–H and O–H groups in total. The second-order valence-electron chi connectivity index (χ2n) is 6.04. The Labute approximate surface area is 142 Å². The molecule has 0 saturated heterocycles. The summed E-state index contributed by atoms with van der Waals surface area (Å²) in [4.78, 5) is 20.8. The number of hydrogen-bond donors (Lipinski definition) is 1. The summed E-state index contributed by atoms with van der Waals surface area (Å²) in [5.74, 6) is -0.399. The number of carbonyl (C=O) groups is 1. The Morgan fingerprint density at radius 1 is 1.25 bits per heavy atom. The summed E-state index contributed by atoms with van der Waals surface area (Å²) in [5, 5.41) is 4.43. The van der Waals surface area contributed by atoms with Crippen LogP contribution in [0.4, 0.5) is 15.8 Å². The van der Waals surface area contributed by atoms with E-state index in [-0.39, 0.29) is 17.9 Å². The van der Waals surface area contributed by atoms with Gasteiger partial charge in [0.25, 0.3) is 5.91 Å². The maximum absolute atomic E-state index is 13.2. The number of anilines is 2. The van der Waals surface area contributed by atoms with Gasteiger partial charge in [-0.05, 0) is 56.7 Å². The van der Waals surface area contributed by atoms with Gasteiger partial charge in [0, 0.05) is 16.8 Å². The summed E-state index contributed by atoms with van der Waals surface area (Å²) in [5.41, 5.74) is 3.58. The van der Waals surface area contributed by atoms with Crippen LogP contribution in [-0.2, 0) is 0 Å². The molecule has 1 aliphatic heterocycles. The summed E-state index contributed by atoms with van der Waals surface area (Å²) in [6, 6.07) is 8.00. The van der Waals surface area contributed by atoms with Crippen molar-refractivity contribution < 1.29 is 9.18 Å². The molecule has 3 heterocycles. The highest BCUT2D eigenvalue weighted by atomic mass is 32.1. The molecule has 1 amide bonds. The third-order valence-electron chi connectivity index (χ3n) is 4.25. The summed E-state index contributed by atoms with van der Waals surface area (Å²) in [7, 11) is 0. The van der Waals surface area contributed by atoms with Crippen molar-refractivity contribution in [2.75, 3.05) is 10.2 Å². The molecule has 6 heteroatoms. The highest BCUT2D eigenvalue weighted by Gasteiger charge is 2.34. The van der Waals surface area contributed by atoms with Crippen molar-refractivity contribution in [1.82, 2.24) is 4.98 Å². The van der Waals surface area contributed by atoms with E-state index in [0.717, 1.165) is 27.2 Å². The lowest BCUT2D eigenvalue weighted by atomic mass is 10.1. The number of aromatic nitrogens is 1. The molecule has 0 aliphatic carbocycles. The number of amides is 1. The van der Waals surface area contributed by atoms with E-state index in [9.17, 15) is 9.18 Å². The summed E-state index contributed by atoms with van der Waals surface area (Å²) < 4.78 is 13.2. The minimum atomic E-state index is -0.318. The van der Waals surface area contributed by atoms with E-state index in [0.29, 0.717) is 10.6 Å². The van der Waals surface area contributed by atoms with Crippen molar-refractivity contribution >= 4 is 38.8 Å². The highest BCUT2D eigenvalue weighted by molar-refractivity contribution is 7.21. The SMILES string of the molecule is Cc1cc(C)c2c3c(sc2n1)C(=O)N(c1ccc(F)cc1)C(C)N3. The molecule has 2 aromatic heterocycles. The number of halogens is 1. The molecule has 122 valence electrons. The third-order valence-corrected chi connectivity index (χ3v) is 5.32. The minimum Gasteiger partial charge on any atom is -0.363 e. The van der Waals surface area contributed by atoms with Crippen LogP contribution in [0.15, 0.2) is 30.3 Å². The molecule has 0 spiro atoms. The first-order valence-electron chi connectivity index (χ1n) is 7.72. The number of hydrogen-bond acceptors (Lipinski definition) is 4. The zero-order chi connectivity index (χ0) is 17.0. The quantitative estimate of drug-likeness (QED) is 0.710. The van der Waals surface area contributed by atoms with Crippen LogP contribution in [0.2, 0.25) is 0 Å². The van der Waals surface area contributed by atoms with Gasteiger partial charge in [0.15, 0.2) is 0 Å². The largest absolute Gasteiger partial charge is 0.363 e. The molecule has 0 radical (unpaired) electrons. The van der Waals surface area contributed by atoms with E-state index in [1.165, 1.54) is 23.5 Å². The molecular formula is C18H16FN3OS. The molecule has 0 fully saturated rings. The lowest BCUT2D eigenvalue weighted by Crippen LogP contribution is -2.46.